The molecule has 0 unspecified atom stereocenters. The van der Waals surface area contributed by atoms with E-state index in [0.29, 0.717) is 19.9 Å². The molecule has 1 aromatic carbocycles. The second kappa shape index (κ2) is 6.50. The maximum Gasteiger partial charge on any atom is 0.184 e. The molecule has 0 radical (unpaired) electrons. The van der Waals surface area contributed by atoms with Gasteiger partial charge in [0.1, 0.15) is 6.73 Å². The van der Waals surface area contributed by atoms with Gasteiger partial charge in [0.05, 0.1) is 30.6 Å². The third-order valence-electron chi connectivity index (χ3n) is 3.77. The number of hydrogen-bond donors (Lipinski definition) is 0. The summed E-state index contributed by atoms with van der Waals surface area (Å²) in [5.41, 5.74) is 3.05. The summed E-state index contributed by atoms with van der Waals surface area (Å²) < 4.78 is 18.9. The van der Waals surface area contributed by atoms with Gasteiger partial charge in [0.2, 0.25) is 0 Å². The molecule has 1 fully saturated rings. The van der Waals surface area contributed by atoms with Crippen molar-refractivity contribution in [2.24, 2.45) is 0 Å². The molecule has 2 heterocycles. The summed E-state index contributed by atoms with van der Waals surface area (Å²) in [4.78, 5) is 4.46. The van der Waals surface area contributed by atoms with Crippen molar-refractivity contribution in [2.75, 3.05) is 19.8 Å². The normalized spacial score (nSPS) is 16.7. The fourth-order valence-corrected chi connectivity index (χ4v) is 3.18. The number of fused-ring (bicyclic) bond motifs is 1. The number of ether oxygens (including phenoxy) is 3. The summed E-state index contributed by atoms with van der Waals surface area (Å²) in [5, 5.41) is 0. The highest BCUT2D eigenvalue weighted by atomic mass is 28.3. The first kappa shape index (κ1) is 15.7. The molecule has 1 aliphatic heterocycles. The number of rotatable bonds is 6. The Hall–Kier alpha value is -1.21. The van der Waals surface area contributed by atoms with E-state index in [1.807, 2.05) is 23.0 Å². The lowest BCUT2D eigenvalue weighted by Gasteiger charge is -2.15. The van der Waals surface area contributed by atoms with Gasteiger partial charge < -0.3 is 18.8 Å². The number of hydrogen-bond acceptors (Lipinski definition) is 4. The van der Waals surface area contributed by atoms with Crippen LogP contribution in [0.25, 0.3) is 11.0 Å². The molecule has 0 spiro atoms. The molecule has 22 heavy (non-hydrogen) atoms. The summed E-state index contributed by atoms with van der Waals surface area (Å²) in [7, 11) is -1.03. The average Bonchev–Trinajstić information content (AvgIpc) is 3.12. The van der Waals surface area contributed by atoms with Crippen molar-refractivity contribution in [2.45, 2.75) is 38.7 Å². The van der Waals surface area contributed by atoms with Crippen LogP contribution < -0.4 is 0 Å². The highest BCUT2D eigenvalue weighted by molar-refractivity contribution is 6.76. The van der Waals surface area contributed by atoms with Gasteiger partial charge >= 0.3 is 0 Å². The van der Waals surface area contributed by atoms with Gasteiger partial charge in [-0.15, -0.1) is 0 Å². The van der Waals surface area contributed by atoms with Crippen LogP contribution in [0.15, 0.2) is 24.5 Å². The summed E-state index contributed by atoms with van der Waals surface area (Å²) in [6.07, 6.45) is 1.59. The first-order valence-electron chi connectivity index (χ1n) is 7.79. The van der Waals surface area contributed by atoms with Crippen LogP contribution in [-0.2, 0) is 20.9 Å². The van der Waals surface area contributed by atoms with E-state index in [4.69, 9.17) is 14.2 Å². The zero-order chi connectivity index (χ0) is 15.6. The van der Waals surface area contributed by atoms with Crippen molar-refractivity contribution >= 4 is 19.1 Å². The van der Waals surface area contributed by atoms with Crippen molar-refractivity contribution in [3.63, 3.8) is 0 Å². The lowest BCUT2D eigenvalue weighted by Crippen LogP contribution is -2.21. The fraction of sp³-hybridized carbons (Fsp3) is 0.562. The molecule has 2 aromatic rings. The zero-order valence-electron chi connectivity index (χ0n) is 13.5. The van der Waals surface area contributed by atoms with E-state index in [1.54, 1.807) is 0 Å². The van der Waals surface area contributed by atoms with Gasteiger partial charge in [-0.05, 0) is 18.2 Å². The number of nitrogens with zero attached hydrogens (tertiary/aromatic N) is 2. The minimum atomic E-state index is -1.03. The molecule has 6 heteroatoms. The van der Waals surface area contributed by atoms with Gasteiger partial charge in [0.15, 0.2) is 6.29 Å². The Balaban J connectivity index is 1.64. The monoisotopic (exact) mass is 320 g/mol. The van der Waals surface area contributed by atoms with E-state index in [9.17, 15) is 0 Å². The van der Waals surface area contributed by atoms with E-state index in [1.165, 1.54) is 6.04 Å². The lowest BCUT2D eigenvalue weighted by atomic mass is 10.2. The molecule has 3 rings (SSSR count). The van der Waals surface area contributed by atoms with Crippen molar-refractivity contribution < 1.29 is 14.2 Å². The Labute approximate surface area is 132 Å². The van der Waals surface area contributed by atoms with Crippen LogP contribution in [0, 0.1) is 0 Å². The summed E-state index contributed by atoms with van der Waals surface area (Å²) in [5.74, 6) is 0. The van der Waals surface area contributed by atoms with Crippen LogP contribution in [0.4, 0.5) is 0 Å². The highest BCUT2D eigenvalue weighted by Crippen LogP contribution is 2.26. The Morgan fingerprint density at radius 2 is 2.05 bits per heavy atom. The maximum absolute atomic E-state index is 5.80. The Morgan fingerprint density at radius 1 is 1.27 bits per heavy atom. The maximum atomic E-state index is 5.80. The van der Waals surface area contributed by atoms with E-state index < -0.39 is 8.07 Å². The first-order valence-corrected chi connectivity index (χ1v) is 11.5. The van der Waals surface area contributed by atoms with E-state index in [0.717, 1.165) is 23.2 Å². The van der Waals surface area contributed by atoms with Crippen LogP contribution in [0.5, 0.6) is 0 Å². The van der Waals surface area contributed by atoms with Gasteiger partial charge in [-0.3, -0.25) is 0 Å². The Morgan fingerprint density at radius 3 is 2.77 bits per heavy atom. The molecule has 1 aliphatic rings. The first-order chi connectivity index (χ1) is 10.5. The van der Waals surface area contributed by atoms with Gasteiger partial charge in [-0.2, -0.15) is 0 Å². The van der Waals surface area contributed by atoms with Gasteiger partial charge in [-0.25, -0.2) is 4.98 Å². The largest absolute Gasteiger partial charge is 0.361 e. The summed E-state index contributed by atoms with van der Waals surface area (Å²) >= 11 is 0. The molecule has 0 saturated carbocycles. The van der Waals surface area contributed by atoms with Crippen molar-refractivity contribution in [3.05, 3.63) is 30.1 Å². The van der Waals surface area contributed by atoms with Crippen molar-refractivity contribution in [1.82, 2.24) is 9.55 Å². The quantitative estimate of drug-likeness (QED) is 0.604. The summed E-state index contributed by atoms with van der Waals surface area (Å²) in [6.45, 7) is 9.76. The van der Waals surface area contributed by atoms with Gasteiger partial charge in [-0.1, -0.05) is 25.7 Å². The molecule has 1 aromatic heterocycles. The number of aromatic nitrogens is 2. The molecular weight excluding hydrogens is 296 g/mol. The SMILES string of the molecule is C[Si](C)(C)CCOCn1cnc2cc(C3OCCO3)ccc21. The molecule has 0 atom stereocenters. The molecule has 0 amide bonds. The molecule has 1 saturated heterocycles. The van der Waals surface area contributed by atoms with E-state index >= 15 is 0 Å². The fourth-order valence-electron chi connectivity index (χ4n) is 2.42. The van der Waals surface area contributed by atoms with E-state index in [-0.39, 0.29) is 6.29 Å². The standard InChI is InChI=1S/C16H24N2O3Si/c1-22(2,3)9-8-19-12-18-11-17-14-10-13(4-5-15(14)18)16-20-6-7-21-16/h4-5,10-11,16H,6-9,12H2,1-3H3. The van der Waals surface area contributed by atoms with Gasteiger partial charge in [0, 0.05) is 20.2 Å². The molecule has 5 nitrogen and oxygen atoms in total. The second-order valence-corrected chi connectivity index (χ2v) is 12.5. The number of imidazole rings is 1. The topological polar surface area (TPSA) is 45.5 Å². The minimum Gasteiger partial charge on any atom is -0.361 e. The zero-order valence-corrected chi connectivity index (χ0v) is 14.5. The summed E-state index contributed by atoms with van der Waals surface area (Å²) in [6, 6.07) is 7.31. The van der Waals surface area contributed by atoms with Crippen LogP contribution in [-0.4, -0.2) is 37.4 Å². The third-order valence-corrected chi connectivity index (χ3v) is 5.47. The van der Waals surface area contributed by atoms with Crippen LogP contribution in [0.1, 0.15) is 11.9 Å². The predicted octanol–water partition coefficient (Wildman–Crippen LogP) is 3.39. The smallest absolute Gasteiger partial charge is 0.184 e. The van der Waals surface area contributed by atoms with E-state index in [2.05, 4.69) is 30.7 Å². The van der Waals surface area contributed by atoms with Crippen LogP contribution >= 0.6 is 0 Å². The lowest BCUT2D eigenvalue weighted by molar-refractivity contribution is -0.0440. The van der Waals surface area contributed by atoms with Crippen molar-refractivity contribution in [3.8, 4) is 0 Å². The molecule has 120 valence electrons. The predicted molar refractivity (Wildman–Crippen MR) is 88.5 cm³/mol. The minimum absolute atomic E-state index is 0.248. The molecule has 0 N–H and O–H groups in total. The Bertz CT molecular complexity index is 630. The Kier molecular flexibility index (Phi) is 4.63. The third kappa shape index (κ3) is 3.75. The molecule has 0 bridgehead atoms. The van der Waals surface area contributed by atoms with Crippen LogP contribution in [0.3, 0.4) is 0 Å². The number of benzene rings is 1. The average molecular weight is 320 g/mol. The van der Waals surface area contributed by atoms with Crippen molar-refractivity contribution in [1.29, 1.82) is 0 Å². The second-order valence-electron chi connectivity index (χ2n) is 6.88. The van der Waals surface area contributed by atoms with Crippen LogP contribution in [0.2, 0.25) is 25.7 Å². The highest BCUT2D eigenvalue weighted by Gasteiger charge is 2.19. The molecule has 0 aliphatic carbocycles. The molecular formula is C16H24N2O3Si. The van der Waals surface area contributed by atoms with Gasteiger partial charge in [0.25, 0.3) is 0 Å².